The van der Waals surface area contributed by atoms with E-state index in [0.717, 1.165) is 5.57 Å². The fourth-order valence-electron chi connectivity index (χ4n) is 4.70. The predicted molar refractivity (Wildman–Crippen MR) is 133 cm³/mol. The molecule has 0 radical (unpaired) electrons. The molecule has 0 nitrogen and oxygen atoms in total. The molecule has 2 aromatic carbocycles. The van der Waals surface area contributed by atoms with Gasteiger partial charge in [0.25, 0.3) is 0 Å². The molecule has 2 aromatic rings. The zero-order chi connectivity index (χ0) is 21.9. The van der Waals surface area contributed by atoms with Crippen LogP contribution in [0.15, 0.2) is 108 Å². The lowest BCUT2D eigenvalue weighted by molar-refractivity contribution is 0.730. The van der Waals surface area contributed by atoms with Crippen molar-refractivity contribution in [2.75, 3.05) is 0 Å². The molecule has 154 valence electrons. The summed E-state index contributed by atoms with van der Waals surface area (Å²) >= 11 is 0. The van der Waals surface area contributed by atoms with E-state index < -0.39 is 0 Å². The van der Waals surface area contributed by atoms with Gasteiger partial charge >= 0.3 is 0 Å². The average Bonchev–Trinajstić information content (AvgIpc) is 2.98. The van der Waals surface area contributed by atoms with Crippen molar-refractivity contribution in [3.8, 4) is 11.1 Å². The van der Waals surface area contributed by atoms with E-state index >= 15 is 0 Å². The first-order valence-corrected chi connectivity index (χ1v) is 10.9. The van der Waals surface area contributed by atoms with Gasteiger partial charge in [-0.05, 0) is 67.0 Å². The summed E-state index contributed by atoms with van der Waals surface area (Å²) in [6.45, 7) is 17.3. The Morgan fingerprint density at radius 1 is 0.833 bits per heavy atom. The standard InChI is InChI=1S/C30H34/c1-8-13-24(18-21(2)3)30(25(19-22(4)5)20-23(6)7)28-16-11-9-14-26(28)27-15-10-12-17-29(27)30/h8-20,22H,2H2,1,3-7H3/b13-8?,24-18+,25-19+. The van der Waals surface area contributed by atoms with Crippen LogP contribution < -0.4 is 0 Å². The van der Waals surface area contributed by atoms with Gasteiger partial charge in [-0.3, -0.25) is 0 Å². The van der Waals surface area contributed by atoms with Crippen molar-refractivity contribution >= 4 is 0 Å². The first-order chi connectivity index (χ1) is 14.3. The molecule has 0 aromatic heterocycles. The second-order valence-electron chi connectivity index (χ2n) is 8.87. The van der Waals surface area contributed by atoms with Crippen LogP contribution in [0.3, 0.4) is 0 Å². The molecule has 1 aliphatic rings. The minimum atomic E-state index is -0.361. The van der Waals surface area contributed by atoms with Crippen molar-refractivity contribution in [3.63, 3.8) is 0 Å². The van der Waals surface area contributed by atoms with Crippen LogP contribution in [0.5, 0.6) is 0 Å². The Morgan fingerprint density at radius 2 is 1.37 bits per heavy atom. The summed E-state index contributed by atoms with van der Waals surface area (Å²) < 4.78 is 0. The second-order valence-corrected chi connectivity index (χ2v) is 8.87. The first-order valence-electron chi connectivity index (χ1n) is 10.9. The molecule has 0 spiro atoms. The van der Waals surface area contributed by atoms with E-state index in [1.807, 2.05) is 0 Å². The number of rotatable bonds is 6. The number of fused-ring (bicyclic) bond motifs is 3. The molecular weight excluding hydrogens is 360 g/mol. The number of benzene rings is 2. The van der Waals surface area contributed by atoms with Crippen LogP contribution in [-0.2, 0) is 5.41 Å². The normalized spacial score (nSPS) is 15.3. The Bertz CT molecular complexity index is 1020. The van der Waals surface area contributed by atoms with Crippen LogP contribution in [0.25, 0.3) is 11.1 Å². The molecule has 0 unspecified atom stereocenters. The molecule has 0 aliphatic heterocycles. The van der Waals surface area contributed by atoms with Gasteiger partial charge in [0.15, 0.2) is 0 Å². The van der Waals surface area contributed by atoms with Crippen molar-refractivity contribution in [1.82, 2.24) is 0 Å². The van der Waals surface area contributed by atoms with Gasteiger partial charge < -0.3 is 0 Å². The maximum absolute atomic E-state index is 4.23. The Hall–Kier alpha value is -2.86. The third-order valence-electron chi connectivity index (χ3n) is 5.52. The average molecular weight is 395 g/mol. The van der Waals surface area contributed by atoms with Crippen LogP contribution in [0.1, 0.15) is 52.7 Å². The van der Waals surface area contributed by atoms with Gasteiger partial charge in [0, 0.05) is 0 Å². The van der Waals surface area contributed by atoms with Gasteiger partial charge in [0.1, 0.15) is 0 Å². The second kappa shape index (κ2) is 8.88. The molecule has 0 heteroatoms. The molecule has 0 fully saturated rings. The number of allylic oxidation sites excluding steroid dienone is 9. The SMILES string of the molecule is C=C(C)/C=C(\C=CC)C1(/C(C=C(C)C)=C/C(C)C)c2ccccc2-c2ccccc21. The molecule has 1 aliphatic carbocycles. The molecule has 0 N–H and O–H groups in total. The zero-order valence-corrected chi connectivity index (χ0v) is 19.3. The third-order valence-corrected chi connectivity index (χ3v) is 5.52. The summed E-state index contributed by atoms with van der Waals surface area (Å²) in [5.74, 6) is 0.434. The summed E-state index contributed by atoms with van der Waals surface area (Å²) in [5, 5.41) is 0. The third kappa shape index (κ3) is 3.79. The van der Waals surface area contributed by atoms with Gasteiger partial charge in [0.05, 0.1) is 5.41 Å². The Labute approximate surface area is 183 Å². The fourth-order valence-corrected chi connectivity index (χ4v) is 4.70. The quantitative estimate of drug-likeness (QED) is 0.430. The molecule has 0 saturated carbocycles. The maximum atomic E-state index is 4.23. The highest BCUT2D eigenvalue weighted by Crippen LogP contribution is 2.57. The lowest BCUT2D eigenvalue weighted by Gasteiger charge is -2.36. The minimum absolute atomic E-state index is 0.361. The van der Waals surface area contributed by atoms with Crippen molar-refractivity contribution in [2.45, 2.75) is 47.0 Å². The number of hydrogen-bond acceptors (Lipinski definition) is 0. The highest BCUT2D eigenvalue weighted by molar-refractivity contribution is 5.87. The lowest BCUT2D eigenvalue weighted by atomic mass is 9.65. The summed E-state index contributed by atoms with van der Waals surface area (Å²) in [4.78, 5) is 0. The Morgan fingerprint density at radius 3 is 1.80 bits per heavy atom. The van der Waals surface area contributed by atoms with Crippen molar-refractivity contribution < 1.29 is 0 Å². The summed E-state index contributed by atoms with van der Waals surface area (Å²) in [6.07, 6.45) is 11.5. The summed E-state index contributed by atoms with van der Waals surface area (Å²) in [6, 6.07) is 17.8. The Kier molecular flexibility index (Phi) is 6.46. The minimum Gasteiger partial charge on any atom is -0.0961 e. The van der Waals surface area contributed by atoms with E-state index in [1.165, 1.54) is 39.0 Å². The van der Waals surface area contributed by atoms with Gasteiger partial charge in [-0.2, -0.15) is 0 Å². The van der Waals surface area contributed by atoms with Crippen LogP contribution in [0.4, 0.5) is 0 Å². The molecule has 3 rings (SSSR count). The van der Waals surface area contributed by atoms with Crippen LogP contribution in [0, 0.1) is 5.92 Å². The monoisotopic (exact) mass is 394 g/mol. The van der Waals surface area contributed by atoms with E-state index in [2.05, 4.69) is 127 Å². The van der Waals surface area contributed by atoms with Crippen molar-refractivity contribution in [1.29, 1.82) is 0 Å². The van der Waals surface area contributed by atoms with E-state index in [1.54, 1.807) is 0 Å². The molecular formula is C30H34. The Balaban J connectivity index is 2.58. The zero-order valence-electron chi connectivity index (χ0n) is 19.3. The van der Waals surface area contributed by atoms with Crippen molar-refractivity contribution in [3.05, 3.63) is 119 Å². The highest BCUT2D eigenvalue weighted by atomic mass is 14.5. The highest BCUT2D eigenvalue weighted by Gasteiger charge is 2.47. The van der Waals surface area contributed by atoms with Gasteiger partial charge in [0.2, 0.25) is 0 Å². The van der Waals surface area contributed by atoms with Crippen LogP contribution in [0.2, 0.25) is 0 Å². The molecule has 0 bridgehead atoms. The fraction of sp³-hybridized carbons (Fsp3) is 0.267. The summed E-state index contributed by atoms with van der Waals surface area (Å²) in [7, 11) is 0. The number of hydrogen-bond donors (Lipinski definition) is 0. The lowest BCUT2D eigenvalue weighted by Crippen LogP contribution is -2.30. The van der Waals surface area contributed by atoms with E-state index in [4.69, 9.17) is 0 Å². The molecule has 0 saturated heterocycles. The van der Waals surface area contributed by atoms with E-state index in [0.29, 0.717) is 5.92 Å². The molecule has 0 amide bonds. The van der Waals surface area contributed by atoms with Crippen molar-refractivity contribution in [2.24, 2.45) is 5.92 Å². The van der Waals surface area contributed by atoms with Gasteiger partial charge in [-0.15, -0.1) is 0 Å². The van der Waals surface area contributed by atoms with Crippen LogP contribution in [-0.4, -0.2) is 0 Å². The van der Waals surface area contributed by atoms with Gasteiger partial charge in [-0.25, -0.2) is 0 Å². The molecule has 30 heavy (non-hydrogen) atoms. The predicted octanol–water partition coefficient (Wildman–Crippen LogP) is 8.58. The molecule has 0 atom stereocenters. The van der Waals surface area contributed by atoms with Crippen LogP contribution >= 0.6 is 0 Å². The summed E-state index contributed by atoms with van der Waals surface area (Å²) in [5.41, 5.74) is 9.94. The van der Waals surface area contributed by atoms with E-state index in [-0.39, 0.29) is 5.41 Å². The maximum Gasteiger partial charge on any atom is 0.0710 e. The topological polar surface area (TPSA) is 0 Å². The van der Waals surface area contributed by atoms with E-state index in [9.17, 15) is 0 Å². The smallest absolute Gasteiger partial charge is 0.0710 e. The first kappa shape index (κ1) is 21.8. The largest absolute Gasteiger partial charge is 0.0961 e. The molecule has 0 heterocycles. The van der Waals surface area contributed by atoms with Gasteiger partial charge in [-0.1, -0.05) is 110 Å².